The van der Waals surface area contributed by atoms with E-state index in [9.17, 15) is 18.8 Å². The van der Waals surface area contributed by atoms with E-state index in [0.29, 0.717) is 19.5 Å². The van der Waals surface area contributed by atoms with Gasteiger partial charge >= 0.3 is 11.9 Å². The quantitative estimate of drug-likeness (QED) is 0.644. The third-order valence-electron chi connectivity index (χ3n) is 3.59. The molecule has 0 saturated carbocycles. The first-order chi connectivity index (χ1) is 11.0. The molecule has 1 aromatic carbocycles. The van der Waals surface area contributed by atoms with Crippen LogP contribution in [0.4, 0.5) is 4.39 Å². The van der Waals surface area contributed by atoms with Crippen LogP contribution in [0.15, 0.2) is 24.3 Å². The van der Waals surface area contributed by atoms with E-state index in [1.807, 2.05) is 0 Å². The Morgan fingerprint density at radius 2 is 2.04 bits per heavy atom. The Balaban J connectivity index is 1.81. The molecular formula is C16H19FN2O4. The van der Waals surface area contributed by atoms with Gasteiger partial charge in [-0.25, -0.2) is 9.18 Å². The molecule has 0 radical (unpaired) electrons. The topological polar surface area (TPSA) is 75.7 Å². The Hall–Kier alpha value is -2.44. The summed E-state index contributed by atoms with van der Waals surface area (Å²) in [6, 6.07) is 5.98. The molecule has 1 unspecified atom stereocenters. The van der Waals surface area contributed by atoms with Crippen LogP contribution in [0.3, 0.4) is 0 Å². The van der Waals surface area contributed by atoms with Crippen LogP contribution in [-0.2, 0) is 25.7 Å². The maximum Gasteiger partial charge on any atom is 0.396 e. The van der Waals surface area contributed by atoms with E-state index >= 15 is 0 Å². The minimum atomic E-state index is -0.917. The predicted octanol–water partition coefficient (Wildman–Crippen LogP) is 0.853. The van der Waals surface area contributed by atoms with E-state index in [1.54, 1.807) is 24.0 Å². The molecule has 1 atom stereocenters. The fraction of sp³-hybridized carbons (Fsp3) is 0.438. The first-order valence-corrected chi connectivity index (χ1v) is 7.46. The molecule has 1 aromatic rings. The highest BCUT2D eigenvalue weighted by Crippen LogP contribution is 2.19. The largest absolute Gasteiger partial charge is 0.459 e. The summed E-state index contributed by atoms with van der Waals surface area (Å²) in [5, 5.41) is 2.48. The third kappa shape index (κ3) is 4.77. The van der Waals surface area contributed by atoms with Crippen molar-refractivity contribution in [2.45, 2.75) is 19.9 Å². The van der Waals surface area contributed by atoms with Crippen LogP contribution in [0.2, 0.25) is 0 Å². The number of hydrogen-bond donors (Lipinski definition) is 1. The Labute approximate surface area is 133 Å². The van der Waals surface area contributed by atoms with Crippen molar-refractivity contribution in [1.29, 1.82) is 0 Å². The summed E-state index contributed by atoms with van der Waals surface area (Å²) in [6.07, 6.45) is 0.310. The smallest absolute Gasteiger partial charge is 0.396 e. The summed E-state index contributed by atoms with van der Waals surface area (Å²) < 4.78 is 17.5. The molecule has 23 heavy (non-hydrogen) atoms. The zero-order chi connectivity index (χ0) is 16.8. The second-order valence-corrected chi connectivity index (χ2v) is 5.40. The molecule has 2 rings (SSSR count). The first-order valence-electron chi connectivity index (χ1n) is 7.46. The Morgan fingerprint density at radius 1 is 1.35 bits per heavy atom. The number of ether oxygens (including phenoxy) is 1. The van der Waals surface area contributed by atoms with Gasteiger partial charge in [-0.3, -0.25) is 9.59 Å². The standard InChI is InChI=1S/C16H19FN2O4/c1-2-23-16(22)15(21)18-8-12-7-14(20)19(10-12)9-11-3-5-13(17)6-4-11/h3-6,12H,2,7-10H2,1H3,(H,18,21). The second kappa shape index (κ2) is 7.71. The minimum absolute atomic E-state index is 0.0234. The average molecular weight is 322 g/mol. The molecule has 0 aromatic heterocycles. The van der Waals surface area contributed by atoms with E-state index in [-0.39, 0.29) is 30.8 Å². The van der Waals surface area contributed by atoms with Crippen molar-refractivity contribution in [3.63, 3.8) is 0 Å². The first kappa shape index (κ1) is 16.9. The highest BCUT2D eigenvalue weighted by atomic mass is 19.1. The van der Waals surface area contributed by atoms with Gasteiger partial charge in [-0.2, -0.15) is 0 Å². The maximum atomic E-state index is 12.9. The number of esters is 1. The molecule has 6 nitrogen and oxygen atoms in total. The summed E-state index contributed by atoms with van der Waals surface area (Å²) in [4.78, 5) is 36.3. The van der Waals surface area contributed by atoms with Gasteiger partial charge in [-0.15, -0.1) is 0 Å². The molecule has 1 N–H and O–H groups in total. The normalized spacial score (nSPS) is 17.2. The molecule has 1 saturated heterocycles. The molecule has 2 amide bonds. The molecule has 1 fully saturated rings. The van der Waals surface area contributed by atoms with Crippen molar-refractivity contribution in [3.8, 4) is 0 Å². The Morgan fingerprint density at radius 3 is 2.70 bits per heavy atom. The lowest BCUT2D eigenvalue weighted by molar-refractivity contribution is -0.154. The number of carbonyl (C=O) groups is 3. The van der Waals surface area contributed by atoms with Crippen molar-refractivity contribution in [2.24, 2.45) is 5.92 Å². The number of halogens is 1. The fourth-order valence-electron chi connectivity index (χ4n) is 2.46. The maximum absolute atomic E-state index is 12.9. The molecular weight excluding hydrogens is 303 g/mol. The molecule has 0 spiro atoms. The third-order valence-corrected chi connectivity index (χ3v) is 3.59. The highest BCUT2D eigenvalue weighted by Gasteiger charge is 2.30. The molecule has 1 aliphatic heterocycles. The summed E-state index contributed by atoms with van der Waals surface area (Å²) in [6.45, 7) is 2.89. The fourth-order valence-corrected chi connectivity index (χ4v) is 2.46. The number of likely N-dealkylation sites (tertiary alicyclic amines) is 1. The van der Waals surface area contributed by atoms with E-state index in [4.69, 9.17) is 0 Å². The summed E-state index contributed by atoms with van der Waals surface area (Å²) in [5.74, 6) is -2.11. The van der Waals surface area contributed by atoms with Crippen LogP contribution in [0, 0.1) is 11.7 Å². The van der Waals surface area contributed by atoms with Crippen LogP contribution in [0.25, 0.3) is 0 Å². The van der Waals surface area contributed by atoms with Crippen molar-refractivity contribution in [2.75, 3.05) is 19.7 Å². The summed E-state index contributed by atoms with van der Waals surface area (Å²) in [5.41, 5.74) is 0.843. The van der Waals surface area contributed by atoms with Gasteiger partial charge < -0.3 is 15.0 Å². The van der Waals surface area contributed by atoms with Crippen LogP contribution in [-0.4, -0.2) is 42.4 Å². The highest BCUT2D eigenvalue weighted by molar-refractivity contribution is 6.32. The molecule has 1 aliphatic rings. The molecule has 7 heteroatoms. The van der Waals surface area contributed by atoms with Crippen LogP contribution in [0.5, 0.6) is 0 Å². The summed E-state index contributed by atoms with van der Waals surface area (Å²) >= 11 is 0. The predicted molar refractivity (Wildman–Crippen MR) is 79.6 cm³/mol. The van der Waals surface area contributed by atoms with Gasteiger partial charge in [0.15, 0.2) is 0 Å². The molecule has 0 aliphatic carbocycles. The lowest BCUT2D eigenvalue weighted by Crippen LogP contribution is -2.36. The lowest BCUT2D eigenvalue weighted by Gasteiger charge is -2.17. The van der Waals surface area contributed by atoms with Gasteiger partial charge in [0.25, 0.3) is 0 Å². The SMILES string of the molecule is CCOC(=O)C(=O)NCC1CC(=O)N(Cc2ccc(F)cc2)C1. The van der Waals surface area contributed by atoms with Crippen molar-refractivity contribution in [1.82, 2.24) is 10.2 Å². The van der Waals surface area contributed by atoms with Gasteiger partial charge in [0.2, 0.25) is 5.91 Å². The van der Waals surface area contributed by atoms with Crippen LogP contribution >= 0.6 is 0 Å². The average Bonchev–Trinajstić information content (AvgIpc) is 2.87. The number of hydrogen-bond acceptors (Lipinski definition) is 4. The van der Waals surface area contributed by atoms with E-state index in [0.717, 1.165) is 5.56 Å². The van der Waals surface area contributed by atoms with Gasteiger partial charge in [0.05, 0.1) is 6.61 Å². The van der Waals surface area contributed by atoms with Gasteiger partial charge in [-0.05, 0) is 24.6 Å². The van der Waals surface area contributed by atoms with Gasteiger partial charge in [0, 0.05) is 32.0 Å². The Bertz CT molecular complexity index is 588. The molecule has 124 valence electrons. The van der Waals surface area contributed by atoms with E-state index in [1.165, 1.54) is 12.1 Å². The lowest BCUT2D eigenvalue weighted by atomic mass is 10.1. The molecule has 0 bridgehead atoms. The second-order valence-electron chi connectivity index (χ2n) is 5.40. The van der Waals surface area contributed by atoms with Crippen LogP contribution in [0.1, 0.15) is 18.9 Å². The summed E-state index contributed by atoms with van der Waals surface area (Å²) in [7, 11) is 0. The monoisotopic (exact) mass is 322 g/mol. The van der Waals surface area contributed by atoms with Crippen molar-refractivity contribution >= 4 is 17.8 Å². The zero-order valence-electron chi connectivity index (χ0n) is 12.9. The van der Waals surface area contributed by atoms with Crippen molar-refractivity contribution < 1.29 is 23.5 Å². The van der Waals surface area contributed by atoms with Gasteiger partial charge in [0.1, 0.15) is 5.82 Å². The van der Waals surface area contributed by atoms with E-state index < -0.39 is 11.9 Å². The van der Waals surface area contributed by atoms with Gasteiger partial charge in [-0.1, -0.05) is 12.1 Å². The number of benzene rings is 1. The minimum Gasteiger partial charge on any atom is -0.459 e. The van der Waals surface area contributed by atoms with Crippen LogP contribution < -0.4 is 5.32 Å². The van der Waals surface area contributed by atoms with E-state index in [2.05, 4.69) is 10.1 Å². The number of nitrogens with one attached hydrogen (secondary N) is 1. The number of amides is 2. The number of rotatable bonds is 5. The Kier molecular flexibility index (Phi) is 5.67. The molecule has 1 heterocycles. The number of nitrogens with zero attached hydrogens (tertiary/aromatic N) is 1. The zero-order valence-corrected chi connectivity index (χ0v) is 12.9. The number of carbonyl (C=O) groups excluding carboxylic acids is 3. The van der Waals surface area contributed by atoms with Crippen molar-refractivity contribution in [3.05, 3.63) is 35.6 Å².